The van der Waals surface area contributed by atoms with Crippen LogP contribution in [0.1, 0.15) is 41.8 Å². The van der Waals surface area contributed by atoms with E-state index in [4.69, 9.17) is 4.74 Å². The lowest BCUT2D eigenvalue weighted by atomic mass is 9.97. The lowest BCUT2D eigenvalue weighted by molar-refractivity contribution is -0.144. The van der Waals surface area contributed by atoms with Crippen molar-refractivity contribution in [1.82, 2.24) is 5.32 Å². The van der Waals surface area contributed by atoms with E-state index in [0.29, 0.717) is 16.8 Å². The molecule has 0 bridgehead atoms. The molecule has 0 aliphatic rings. The summed E-state index contributed by atoms with van der Waals surface area (Å²) < 4.78 is 58.4. The first-order valence-electron chi connectivity index (χ1n) is 10.0. The van der Waals surface area contributed by atoms with Crippen molar-refractivity contribution >= 4 is 22.6 Å². The zero-order valence-electron chi connectivity index (χ0n) is 17.8. The lowest BCUT2D eigenvalue weighted by Gasteiger charge is -2.25. The minimum absolute atomic E-state index is 0.0157. The predicted octanol–water partition coefficient (Wildman–Crippen LogP) is 5.56. The normalized spacial score (nSPS) is 13.4. The molecule has 0 aliphatic carbocycles. The standard InChI is InChI=1S/C24H21F4NO4/c1-3-23(2,22(31)32)29-21(30)18-11-9-14-6-4-5-7-17(14)20(18)33-13-15-8-10-16(12-19(15)25)24(26,27)28/h4-12H,3,13H2,1-2H3,(H,29,30)(H,31,32). The van der Waals surface area contributed by atoms with Gasteiger partial charge in [-0.3, -0.25) is 4.79 Å². The molecule has 0 aromatic heterocycles. The summed E-state index contributed by atoms with van der Waals surface area (Å²) in [6.07, 6.45) is -4.56. The van der Waals surface area contributed by atoms with E-state index in [1.165, 1.54) is 13.0 Å². The zero-order chi connectivity index (χ0) is 24.4. The number of carboxylic acids is 1. The number of ether oxygens (including phenoxy) is 1. The first kappa shape index (κ1) is 24.0. The Hall–Kier alpha value is -3.62. The molecule has 33 heavy (non-hydrogen) atoms. The summed E-state index contributed by atoms with van der Waals surface area (Å²) in [7, 11) is 0. The minimum Gasteiger partial charge on any atom is -0.487 e. The molecule has 2 N–H and O–H groups in total. The number of benzene rings is 3. The van der Waals surface area contributed by atoms with E-state index < -0.39 is 41.6 Å². The topological polar surface area (TPSA) is 75.6 Å². The molecular weight excluding hydrogens is 442 g/mol. The van der Waals surface area contributed by atoms with Crippen LogP contribution in [-0.4, -0.2) is 22.5 Å². The van der Waals surface area contributed by atoms with Gasteiger partial charge in [-0.2, -0.15) is 13.2 Å². The van der Waals surface area contributed by atoms with Crippen molar-refractivity contribution in [1.29, 1.82) is 0 Å². The number of carbonyl (C=O) groups is 2. The summed E-state index contributed by atoms with van der Waals surface area (Å²) in [5.41, 5.74) is -2.77. The van der Waals surface area contributed by atoms with Crippen LogP contribution in [0.5, 0.6) is 5.75 Å². The Morgan fingerprint density at radius 1 is 1.06 bits per heavy atom. The smallest absolute Gasteiger partial charge is 0.416 e. The van der Waals surface area contributed by atoms with Crippen LogP contribution in [0.4, 0.5) is 17.6 Å². The Kier molecular flexibility index (Phi) is 6.62. The first-order chi connectivity index (χ1) is 15.5. The fraction of sp³-hybridized carbons (Fsp3) is 0.250. The monoisotopic (exact) mass is 463 g/mol. The number of carboxylic acid groups (broad SMARTS) is 1. The fourth-order valence-electron chi connectivity index (χ4n) is 3.18. The Morgan fingerprint density at radius 3 is 2.36 bits per heavy atom. The molecule has 0 spiro atoms. The molecule has 3 aromatic carbocycles. The van der Waals surface area contributed by atoms with Gasteiger partial charge < -0.3 is 15.2 Å². The molecule has 0 radical (unpaired) electrons. The van der Waals surface area contributed by atoms with Crippen molar-refractivity contribution in [3.05, 3.63) is 77.1 Å². The van der Waals surface area contributed by atoms with Crippen LogP contribution in [0, 0.1) is 5.82 Å². The molecule has 0 saturated carbocycles. The van der Waals surface area contributed by atoms with Crippen LogP contribution < -0.4 is 10.1 Å². The van der Waals surface area contributed by atoms with Gasteiger partial charge in [0.05, 0.1) is 11.1 Å². The lowest BCUT2D eigenvalue weighted by Crippen LogP contribution is -2.51. The van der Waals surface area contributed by atoms with Crippen molar-refractivity contribution in [2.24, 2.45) is 0 Å². The molecule has 3 aromatic rings. The number of amides is 1. The molecule has 5 nitrogen and oxygen atoms in total. The summed E-state index contributed by atoms with van der Waals surface area (Å²) in [5, 5.41) is 13.2. The molecule has 9 heteroatoms. The Labute approximate surface area is 187 Å². The highest BCUT2D eigenvalue weighted by atomic mass is 19.4. The van der Waals surface area contributed by atoms with Gasteiger partial charge in [0.25, 0.3) is 5.91 Å². The van der Waals surface area contributed by atoms with Crippen LogP contribution >= 0.6 is 0 Å². The highest BCUT2D eigenvalue weighted by molar-refractivity contribution is 6.05. The first-order valence-corrected chi connectivity index (χ1v) is 10.0. The molecule has 0 fully saturated rings. The van der Waals surface area contributed by atoms with Crippen LogP contribution in [-0.2, 0) is 17.6 Å². The summed E-state index contributed by atoms with van der Waals surface area (Å²) in [6.45, 7) is 2.54. The van der Waals surface area contributed by atoms with Crippen molar-refractivity contribution in [2.45, 2.75) is 38.6 Å². The van der Waals surface area contributed by atoms with E-state index in [1.807, 2.05) is 0 Å². The van der Waals surface area contributed by atoms with Gasteiger partial charge in [-0.25, -0.2) is 9.18 Å². The summed E-state index contributed by atoms with van der Waals surface area (Å²) >= 11 is 0. The van der Waals surface area contributed by atoms with Crippen LogP contribution in [0.25, 0.3) is 10.8 Å². The number of alkyl halides is 3. The maximum absolute atomic E-state index is 14.3. The highest BCUT2D eigenvalue weighted by Crippen LogP contribution is 2.33. The SMILES string of the molecule is CCC(C)(NC(=O)c1ccc2ccccc2c1OCc1ccc(C(F)(F)F)cc1F)C(=O)O. The van der Waals surface area contributed by atoms with Crippen LogP contribution in [0.3, 0.4) is 0 Å². The molecule has 1 atom stereocenters. The minimum atomic E-state index is -4.68. The summed E-state index contributed by atoms with van der Waals surface area (Å²) in [4.78, 5) is 24.6. The fourth-order valence-corrected chi connectivity index (χ4v) is 3.18. The van der Waals surface area contributed by atoms with Gasteiger partial charge in [0.2, 0.25) is 0 Å². The van der Waals surface area contributed by atoms with Gasteiger partial charge in [0, 0.05) is 10.9 Å². The molecule has 3 rings (SSSR count). The molecule has 0 aliphatic heterocycles. The van der Waals surface area contributed by atoms with Gasteiger partial charge >= 0.3 is 12.1 Å². The van der Waals surface area contributed by atoms with Gasteiger partial charge in [-0.1, -0.05) is 43.3 Å². The maximum Gasteiger partial charge on any atom is 0.416 e. The largest absolute Gasteiger partial charge is 0.487 e. The number of carbonyl (C=O) groups excluding carboxylic acids is 1. The average Bonchev–Trinajstić information content (AvgIpc) is 2.76. The van der Waals surface area contributed by atoms with E-state index >= 15 is 0 Å². The van der Waals surface area contributed by atoms with Crippen molar-refractivity contribution in [3.8, 4) is 5.75 Å². The Bertz CT molecular complexity index is 1210. The molecule has 0 saturated heterocycles. The number of hydrogen-bond donors (Lipinski definition) is 2. The molecular formula is C24H21F4NO4. The predicted molar refractivity (Wildman–Crippen MR) is 113 cm³/mol. The van der Waals surface area contributed by atoms with Crippen LogP contribution in [0.2, 0.25) is 0 Å². The third-order valence-corrected chi connectivity index (χ3v) is 5.45. The second-order valence-corrected chi connectivity index (χ2v) is 7.70. The van der Waals surface area contributed by atoms with Gasteiger partial charge in [0.1, 0.15) is 23.7 Å². The second-order valence-electron chi connectivity index (χ2n) is 7.70. The van der Waals surface area contributed by atoms with E-state index in [-0.39, 0.29) is 23.3 Å². The molecule has 174 valence electrons. The molecule has 0 heterocycles. The number of hydrogen-bond acceptors (Lipinski definition) is 3. The Morgan fingerprint density at radius 2 is 1.76 bits per heavy atom. The molecule has 1 unspecified atom stereocenters. The second kappa shape index (κ2) is 9.09. The quantitative estimate of drug-likeness (QED) is 0.450. The van der Waals surface area contributed by atoms with E-state index in [2.05, 4.69) is 5.32 Å². The summed E-state index contributed by atoms with van der Waals surface area (Å²) in [6, 6.07) is 12.1. The van der Waals surface area contributed by atoms with E-state index in [1.54, 1.807) is 37.3 Å². The number of nitrogens with one attached hydrogen (secondary N) is 1. The zero-order valence-corrected chi connectivity index (χ0v) is 17.8. The van der Waals surface area contributed by atoms with Crippen molar-refractivity contribution in [3.63, 3.8) is 0 Å². The average molecular weight is 463 g/mol. The third-order valence-electron chi connectivity index (χ3n) is 5.45. The third kappa shape index (κ3) is 5.08. The Balaban J connectivity index is 1.98. The maximum atomic E-state index is 14.3. The van der Waals surface area contributed by atoms with Gasteiger partial charge in [-0.15, -0.1) is 0 Å². The number of aliphatic carboxylic acids is 1. The molecule has 1 amide bonds. The van der Waals surface area contributed by atoms with Crippen molar-refractivity contribution in [2.75, 3.05) is 0 Å². The number of rotatable bonds is 7. The van der Waals surface area contributed by atoms with Gasteiger partial charge in [0.15, 0.2) is 0 Å². The number of halogens is 4. The van der Waals surface area contributed by atoms with E-state index in [0.717, 1.165) is 12.1 Å². The summed E-state index contributed by atoms with van der Waals surface area (Å²) in [5.74, 6) is -2.96. The van der Waals surface area contributed by atoms with Gasteiger partial charge in [-0.05, 0) is 36.9 Å². The highest BCUT2D eigenvalue weighted by Gasteiger charge is 2.34. The van der Waals surface area contributed by atoms with Crippen molar-refractivity contribution < 1.29 is 37.0 Å². The number of fused-ring (bicyclic) bond motifs is 1. The van der Waals surface area contributed by atoms with Crippen LogP contribution in [0.15, 0.2) is 54.6 Å². The van der Waals surface area contributed by atoms with E-state index in [9.17, 15) is 32.3 Å².